The summed E-state index contributed by atoms with van der Waals surface area (Å²) >= 11 is 0. The lowest BCUT2D eigenvalue weighted by atomic mass is 9.73. The van der Waals surface area contributed by atoms with Crippen LogP contribution in [-0.4, -0.2) is 6.04 Å². The number of nitrogens with two attached hydrogens (primary N) is 1. The molecule has 0 aromatic heterocycles. The van der Waals surface area contributed by atoms with E-state index in [4.69, 9.17) is 5.84 Å². The fraction of sp³-hybridized carbons (Fsp3) is 1.00. The average molecular weight is 283 g/mol. The number of hydrazine groups is 1. The molecule has 3 unspecified atom stereocenters. The Hall–Kier alpha value is -0.0800. The summed E-state index contributed by atoms with van der Waals surface area (Å²) < 4.78 is 0. The van der Waals surface area contributed by atoms with Crippen LogP contribution in [0.2, 0.25) is 0 Å². The third kappa shape index (κ3) is 7.08. The maximum absolute atomic E-state index is 5.82. The van der Waals surface area contributed by atoms with Crippen LogP contribution in [0.5, 0.6) is 0 Å². The third-order valence-corrected chi connectivity index (χ3v) is 5.12. The van der Waals surface area contributed by atoms with Crippen molar-refractivity contribution in [2.24, 2.45) is 23.6 Å². The third-order valence-electron chi connectivity index (χ3n) is 5.12. The van der Waals surface area contributed by atoms with Crippen LogP contribution in [0.4, 0.5) is 0 Å². The van der Waals surface area contributed by atoms with Gasteiger partial charge in [0.15, 0.2) is 0 Å². The van der Waals surface area contributed by atoms with Gasteiger partial charge in [-0.1, -0.05) is 65.7 Å². The summed E-state index contributed by atoms with van der Waals surface area (Å²) in [5.41, 5.74) is 3.12. The first-order valence-electron chi connectivity index (χ1n) is 9.13. The van der Waals surface area contributed by atoms with Crippen LogP contribution in [0.15, 0.2) is 0 Å². The molecule has 1 fully saturated rings. The van der Waals surface area contributed by atoms with Crippen LogP contribution in [0, 0.1) is 17.8 Å². The van der Waals surface area contributed by atoms with Crippen molar-refractivity contribution in [3.05, 3.63) is 0 Å². The van der Waals surface area contributed by atoms with Crippen LogP contribution in [0.25, 0.3) is 0 Å². The molecule has 0 amide bonds. The molecule has 0 heterocycles. The summed E-state index contributed by atoms with van der Waals surface area (Å²) in [4.78, 5) is 0. The second-order valence-electron chi connectivity index (χ2n) is 7.36. The van der Waals surface area contributed by atoms with E-state index in [1.165, 1.54) is 70.6 Å². The normalized spacial score (nSPS) is 28.5. The zero-order valence-electron chi connectivity index (χ0n) is 14.2. The van der Waals surface area contributed by atoms with Gasteiger partial charge < -0.3 is 0 Å². The maximum atomic E-state index is 5.82. The Bertz CT molecular complexity index is 219. The van der Waals surface area contributed by atoms with Crippen molar-refractivity contribution >= 4 is 0 Å². The Morgan fingerprint density at radius 2 is 1.45 bits per heavy atom. The second-order valence-corrected chi connectivity index (χ2v) is 7.36. The smallest absolute Gasteiger partial charge is 0.0238 e. The first-order chi connectivity index (χ1) is 9.67. The minimum Gasteiger partial charge on any atom is -0.271 e. The largest absolute Gasteiger partial charge is 0.271 e. The molecule has 0 saturated heterocycles. The van der Waals surface area contributed by atoms with Crippen molar-refractivity contribution in [3.8, 4) is 0 Å². The Morgan fingerprint density at radius 1 is 0.900 bits per heavy atom. The Morgan fingerprint density at radius 3 is 2.00 bits per heavy atom. The molecule has 0 radical (unpaired) electrons. The number of nitrogens with one attached hydrogen (secondary N) is 1. The number of rotatable bonds is 10. The van der Waals surface area contributed by atoms with Crippen molar-refractivity contribution in [2.45, 2.75) is 97.4 Å². The molecule has 1 rings (SSSR count). The summed E-state index contributed by atoms with van der Waals surface area (Å²) in [6, 6.07) is 0.552. The summed E-state index contributed by atoms with van der Waals surface area (Å²) in [6.07, 6.45) is 15.2. The highest BCUT2D eigenvalue weighted by atomic mass is 15.2. The molecule has 3 atom stereocenters. The minimum absolute atomic E-state index is 0.552. The monoisotopic (exact) mass is 282 g/mol. The lowest BCUT2D eigenvalue weighted by Gasteiger charge is -2.36. The van der Waals surface area contributed by atoms with Gasteiger partial charge in [0.25, 0.3) is 0 Å². The molecule has 3 N–H and O–H groups in total. The van der Waals surface area contributed by atoms with Crippen molar-refractivity contribution < 1.29 is 0 Å². The molecular weight excluding hydrogens is 244 g/mol. The molecule has 0 aromatic carbocycles. The summed E-state index contributed by atoms with van der Waals surface area (Å²) in [5, 5.41) is 0. The highest BCUT2D eigenvalue weighted by Crippen LogP contribution is 2.35. The molecule has 2 nitrogen and oxygen atoms in total. The standard InChI is InChI=1S/C18H38N2/c1-4-5-6-7-8-9-10-11-18(20-19)17-13-15(2)12-16(3)14-17/h15-18,20H,4-14,19H2,1-3H3. The fourth-order valence-corrected chi connectivity index (χ4v) is 4.11. The molecule has 0 bridgehead atoms. The van der Waals surface area contributed by atoms with E-state index in [0.717, 1.165) is 17.8 Å². The van der Waals surface area contributed by atoms with Crippen molar-refractivity contribution in [3.63, 3.8) is 0 Å². The minimum atomic E-state index is 0.552. The summed E-state index contributed by atoms with van der Waals surface area (Å²) in [6.45, 7) is 7.09. The van der Waals surface area contributed by atoms with Gasteiger partial charge in [-0.15, -0.1) is 0 Å². The van der Waals surface area contributed by atoms with Crippen molar-refractivity contribution in [1.82, 2.24) is 5.43 Å². The van der Waals surface area contributed by atoms with Gasteiger partial charge in [0.05, 0.1) is 0 Å². The summed E-state index contributed by atoms with van der Waals surface area (Å²) in [7, 11) is 0. The van der Waals surface area contributed by atoms with E-state index < -0.39 is 0 Å². The predicted octanol–water partition coefficient (Wildman–Crippen LogP) is 5.03. The Balaban J connectivity index is 2.15. The molecule has 1 aliphatic carbocycles. The highest BCUT2D eigenvalue weighted by Gasteiger charge is 2.29. The van der Waals surface area contributed by atoms with Crippen LogP contribution in [-0.2, 0) is 0 Å². The van der Waals surface area contributed by atoms with Crippen molar-refractivity contribution in [1.29, 1.82) is 0 Å². The van der Waals surface area contributed by atoms with E-state index in [0.29, 0.717) is 6.04 Å². The van der Waals surface area contributed by atoms with Gasteiger partial charge in [-0.3, -0.25) is 11.3 Å². The Kier molecular flexibility index (Phi) is 9.54. The second kappa shape index (κ2) is 10.6. The van der Waals surface area contributed by atoms with E-state index in [-0.39, 0.29) is 0 Å². The Labute approximate surface area is 127 Å². The van der Waals surface area contributed by atoms with E-state index in [9.17, 15) is 0 Å². The van der Waals surface area contributed by atoms with Gasteiger partial charge >= 0.3 is 0 Å². The molecule has 1 saturated carbocycles. The molecule has 2 heteroatoms. The van der Waals surface area contributed by atoms with Gasteiger partial charge in [-0.05, 0) is 43.4 Å². The molecule has 0 aromatic rings. The van der Waals surface area contributed by atoms with Crippen molar-refractivity contribution in [2.75, 3.05) is 0 Å². The number of hydrogen-bond donors (Lipinski definition) is 2. The molecule has 20 heavy (non-hydrogen) atoms. The molecular formula is C18H38N2. The molecule has 1 aliphatic rings. The van der Waals surface area contributed by atoms with Gasteiger partial charge in [0.1, 0.15) is 0 Å². The van der Waals surface area contributed by atoms with E-state index in [1.54, 1.807) is 0 Å². The average Bonchev–Trinajstić information content (AvgIpc) is 2.41. The molecule has 0 spiro atoms. The first-order valence-corrected chi connectivity index (χ1v) is 9.13. The molecule has 120 valence electrons. The van der Waals surface area contributed by atoms with Gasteiger partial charge in [0.2, 0.25) is 0 Å². The van der Waals surface area contributed by atoms with E-state index in [1.807, 2.05) is 0 Å². The van der Waals surface area contributed by atoms with E-state index >= 15 is 0 Å². The fourth-order valence-electron chi connectivity index (χ4n) is 4.11. The van der Waals surface area contributed by atoms with Crippen LogP contribution in [0.3, 0.4) is 0 Å². The topological polar surface area (TPSA) is 38.0 Å². The van der Waals surface area contributed by atoms with Gasteiger partial charge in [0, 0.05) is 6.04 Å². The quantitative estimate of drug-likeness (QED) is 0.335. The maximum Gasteiger partial charge on any atom is 0.0238 e. The van der Waals surface area contributed by atoms with Crippen LogP contribution in [0.1, 0.15) is 91.4 Å². The zero-order chi connectivity index (χ0) is 14.8. The number of unbranched alkanes of at least 4 members (excludes halogenated alkanes) is 6. The SMILES string of the molecule is CCCCCCCCCC(NN)C1CC(C)CC(C)C1. The predicted molar refractivity (Wildman–Crippen MR) is 89.4 cm³/mol. The summed E-state index contributed by atoms with van der Waals surface area (Å²) in [5.74, 6) is 8.40. The lowest BCUT2D eigenvalue weighted by Crippen LogP contribution is -2.43. The van der Waals surface area contributed by atoms with Crippen LogP contribution >= 0.6 is 0 Å². The van der Waals surface area contributed by atoms with Gasteiger partial charge in [-0.2, -0.15) is 0 Å². The van der Waals surface area contributed by atoms with Gasteiger partial charge in [-0.25, -0.2) is 0 Å². The lowest BCUT2D eigenvalue weighted by molar-refractivity contribution is 0.169. The van der Waals surface area contributed by atoms with Crippen LogP contribution < -0.4 is 11.3 Å². The highest BCUT2D eigenvalue weighted by molar-refractivity contribution is 4.82. The van der Waals surface area contributed by atoms with E-state index in [2.05, 4.69) is 26.2 Å². The zero-order valence-corrected chi connectivity index (χ0v) is 14.2. The number of hydrogen-bond acceptors (Lipinski definition) is 2. The first kappa shape index (κ1) is 18.0. The molecule has 0 aliphatic heterocycles.